The standard InChI is InChI=1S/C17H18N4O4/c1-11-20-21-16(25-11)12-5-7-13(8-6-12)18-17(22)19-14(10-23-2)15-4-3-9-24-15/h3-9,14H,10H2,1-2H3,(H2,18,19,22). The molecule has 130 valence electrons. The van der Waals surface area contributed by atoms with Gasteiger partial charge in [0.15, 0.2) is 0 Å². The van der Waals surface area contributed by atoms with Gasteiger partial charge in [0.2, 0.25) is 11.8 Å². The summed E-state index contributed by atoms with van der Waals surface area (Å²) in [5, 5.41) is 13.3. The first-order valence-electron chi connectivity index (χ1n) is 7.66. The van der Waals surface area contributed by atoms with Crippen LogP contribution in [0, 0.1) is 6.92 Å². The second-order valence-electron chi connectivity index (χ2n) is 5.33. The van der Waals surface area contributed by atoms with Crippen molar-refractivity contribution in [1.82, 2.24) is 15.5 Å². The van der Waals surface area contributed by atoms with Crippen molar-refractivity contribution in [3.05, 3.63) is 54.3 Å². The highest BCUT2D eigenvalue weighted by molar-refractivity contribution is 5.89. The summed E-state index contributed by atoms with van der Waals surface area (Å²) in [4.78, 5) is 12.2. The molecule has 0 aliphatic rings. The van der Waals surface area contributed by atoms with Crippen molar-refractivity contribution < 1.29 is 18.4 Å². The number of amides is 2. The Morgan fingerprint density at radius 3 is 2.64 bits per heavy atom. The molecule has 2 heterocycles. The molecular weight excluding hydrogens is 324 g/mol. The van der Waals surface area contributed by atoms with Crippen molar-refractivity contribution in [3.8, 4) is 11.5 Å². The molecule has 8 nitrogen and oxygen atoms in total. The number of nitrogens with one attached hydrogen (secondary N) is 2. The third kappa shape index (κ3) is 4.24. The van der Waals surface area contributed by atoms with Crippen molar-refractivity contribution in [2.24, 2.45) is 0 Å². The molecule has 3 rings (SSSR count). The number of ether oxygens (including phenoxy) is 1. The third-order valence-corrected chi connectivity index (χ3v) is 3.44. The van der Waals surface area contributed by atoms with Gasteiger partial charge in [0.05, 0.1) is 12.9 Å². The first-order chi connectivity index (χ1) is 12.2. The Morgan fingerprint density at radius 2 is 2.04 bits per heavy atom. The van der Waals surface area contributed by atoms with Crippen LogP contribution < -0.4 is 10.6 Å². The molecule has 1 atom stereocenters. The maximum Gasteiger partial charge on any atom is 0.319 e. The summed E-state index contributed by atoms with van der Waals surface area (Å²) in [6.45, 7) is 2.03. The van der Waals surface area contributed by atoms with Crippen LogP contribution in [0.4, 0.5) is 10.5 Å². The minimum absolute atomic E-state index is 0.302. The van der Waals surface area contributed by atoms with Crippen LogP contribution in [0.5, 0.6) is 0 Å². The summed E-state index contributed by atoms with van der Waals surface area (Å²) in [7, 11) is 1.56. The fraction of sp³-hybridized carbons (Fsp3) is 0.235. The first kappa shape index (κ1) is 16.7. The average Bonchev–Trinajstić information content (AvgIpc) is 3.27. The molecule has 0 bridgehead atoms. The summed E-state index contributed by atoms with van der Waals surface area (Å²) >= 11 is 0. The summed E-state index contributed by atoms with van der Waals surface area (Å²) in [6.07, 6.45) is 1.55. The largest absolute Gasteiger partial charge is 0.467 e. The highest BCUT2D eigenvalue weighted by atomic mass is 16.5. The molecule has 0 fully saturated rings. The molecule has 0 radical (unpaired) electrons. The predicted molar refractivity (Wildman–Crippen MR) is 90.0 cm³/mol. The van der Waals surface area contributed by atoms with Gasteiger partial charge in [0.1, 0.15) is 11.8 Å². The first-order valence-corrected chi connectivity index (χ1v) is 7.66. The Balaban J connectivity index is 1.62. The molecule has 0 saturated heterocycles. The lowest BCUT2D eigenvalue weighted by Gasteiger charge is -2.16. The number of furan rings is 1. The highest BCUT2D eigenvalue weighted by Gasteiger charge is 2.17. The minimum atomic E-state index is -0.374. The van der Waals surface area contributed by atoms with Crippen LogP contribution in [0.3, 0.4) is 0 Å². The van der Waals surface area contributed by atoms with E-state index in [2.05, 4.69) is 20.8 Å². The van der Waals surface area contributed by atoms with Gasteiger partial charge in [-0.2, -0.15) is 0 Å². The SMILES string of the molecule is COCC(NC(=O)Nc1ccc(-c2nnc(C)o2)cc1)c1ccco1. The van der Waals surface area contributed by atoms with Gasteiger partial charge in [-0.05, 0) is 36.4 Å². The molecule has 2 amide bonds. The zero-order valence-electron chi connectivity index (χ0n) is 13.9. The van der Waals surface area contributed by atoms with Crippen LogP contribution in [-0.4, -0.2) is 29.9 Å². The number of nitrogens with zero attached hydrogens (tertiary/aromatic N) is 2. The van der Waals surface area contributed by atoms with E-state index in [1.807, 2.05) is 0 Å². The number of anilines is 1. The average molecular weight is 342 g/mol. The minimum Gasteiger partial charge on any atom is -0.467 e. The number of benzene rings is 1. The van der Waals surface area contributed by atoms with Crippen molar-refractivity contribution in [2.45, 2.75) is 13.0 Å². The van der Waals surface area contributed by atoms with Gasteiger partial charge < -0.3 is 24.2 Å². The number of hydrogen-bond donors (Lipinski definition) is 2. The lowest BCUT2D eigenvalue weighted by Crippen LogP contribution is -2.34. The molecule has 2 N–H and O–H groups in total. The normalized spacial score (nSPS) is 11.9. The number of aryl methyl sites for hydroxylation is 1. The lowest BCUT2D eigenvalue weighted by molar-refractivity contribution is 0.159. The van der Waals surface area contributed by atoms with Gasteiger partial charge in [-0.15, -0.1) is 10.2 Å². The van der Waals surface area contributed by atoms with Crippen LogP contribution in [0.1, 0.15) is 17.7 Å². The molecule has 0 spiro atoms. The fourth-order valence-corrected chi connectivity index (χ4v) is 2.29. The summed E-state index contributed by atoms with van der Waals surface area (Å²) in [5.41, 5.74) is 1.41. The Bertz CT molecular complexity index is 812. The van der Waals surface area contributed by atoms with E-state index in [1.54, 1.807) is 56.7 Å². The van der Waals surface area contributed by atoms with E-state index in [0.29, 0.717) is 29.8 Å². The Morgan fingerprint density at radius 1 is 1.24 bits per heavy atom. The molecule has 0 saturated carbocycles. The van der Waals surface area contributed by atoms with E-state index in [1.165, 1.54) is 0 Å². The number of methoxy groups -OCH3 is 1. The Hall–Kier alpha value is -3.13. The Kier molecular flexibility index (Phi) is 5.10. The highest BCUT2D eigenvalue weighted by Crippen LogP contribution is 2.20. The smallest absolute Gasteiger partial charge is 0.319 e. The maximum absolute atomic E-state index is 12.2. The fourth-order valence-electron chi connectivity index (χ4n) is 2.29. The number of urea groups is 1. The van der Waals surface area contributed by atoms with Crippen LogP contribution >= 0.6 is 0 Å². The van der Waals surface area contributed by atoms with Crippen LogP contribution in [0.25, 0.3) is 11.5 Å². The summed E-state index contributed by atoms with van der Waals surface area (Å²) in [5.74, 6) is 1.56. The van der Waals surface area contributed by atoms with E-state index in [4.69, 9.17) is 13.6 Å². The maximum atomic E-state index is 12.2. The summed E-state index contributed by atoms with van der Waals surface area (Å²) in [6, 6.07) is 9.91. The predicted octanol–water partition coefficient (Wildman–Crippen LogP) is 3.15. The van der Waals surface area contributed by atoms with E-state index in [9.17, 15) is 4.79 Å². The summed E-state index contributed by atoms with van der Waals surface area (Å²) < 4.78 is 15.8. The van der Waals surface area contributed by atoms with Crippen molar-refractivity contribution in [1.29, 1.82) is 0 Å². The van der Waals surface area contributed by atoms with Gasteiger partial charge in [-0.1, -0.05) is 0 Å². The van der Waals surface area contributed by atoms with Crippen molar-refractivity contribution in [3.63, 3.8) is 0 Å². The molecule has 1 aromatic carbocycles. The molecular formula is C17H18N4O4. The molecule has 0 aliphatic heterocycles. The zero-order chi connectivity index (χ0) is 17.6. The molecule has 1 unspecified atom stereocenters. The van der Waals surface area contributed by atoms with E-state index in [-0.39, 0.29) is 12.1 Å². The quantitative estimate of drug-likeness (QED) is 0.713. The van der Waals surface area contributed by atoms with Gasteiger partial charge >= 0.3 is 6.03 Å². The van der Waals surface area contributed by atoms with Crippen LogP contribution in [0.2, 0.25) is 0 Å². The molecule has 8 heteroatoms. The van der Waals surface area contributed by atoms with Crippen LogP contribution in [0.15, 0.2) is 51.5 Å². The van der Waals surface area contributed by atoms with Gasteiger partial charge in [-0.25, -0.2) is 4.79 Å². The molecule has 25 heavy (non-hydrogen) atoms. The number of carbonyl (C=O) groups is 1. The van der Waals surface area contributed by atoms with Gasteiger partial charge in [-0.3, -0.25) is 0 Å². The Labute approximate surface area is 144 Å². The van der Waals surface area contributed by atoms with E-state index in [0.717, 1.165) is 5.56 Å². The number of rotatable bonds is 6. The number of hydrogen-bond acceptors (Lipinski definition) is 6. The molecule has 2 aromatic heterocycles. The van der Waals surface area contributed by atoms with Crippen molar-refractivity contribution in [2.75, 3.05) is 19.0 Å². The van der Waals surface area contributed by atoms with E-state index < -0.39 is 0 Å². The topological polar surface area (TPSA) is 102 Å². The number of carbonyl (C=O) groups excluding carboxylic acids is 1. The van der Waals surface area contributed by atoms with Crippen LogP contribution in [-0.2, 0) is 4.74 Å². The zero-order valence-corrected chi connectivity index (χ0v) is 13.9. The van der Waals surface area contributed by atoms with E-state index >= 15 is 0 Å². The third-order valence-electron chi connectivity index (χ3n) is 3.44. The monoisotopic (exact) mass is 342 g/mol. The second kappa shape index (κ2) is 7.63. The molecule has 3 aromatic rings. The lowest BCUT2D eigenvalue weighted by atomic mass is 10.2. The van der Waals surface area contributed by atoms with Gasteiger partial charge in [0.25, 0.3) is 0 Å². The second-order valence-corrected chi connectivity index (χ2v) is 5.33. The molecule has 0 aliphatic carbocycles. The number of aromatic nitrogens is 2. The van der Waals surface area contributed by atoms with Gasteiger partial charge in [0, 0.05) is 25.3 Å². The van der Waals surface area contributed by atoms with Crippen molar-refractivity contribution >= 4 is 11.7 Å².